The number of nitrogens with one attached hydrogen (secondary N) is 1. The Morgan fingerprint density at radius 2 is 2.00 bits per heavy atom. The molecule has 118 valence electrons. The molecule has 21 heavy (non-hydrogen) atoms. The van der Waals surface area contributed by atoms with Crippen molar-refractivity contribution in [3.05, 3.63) is 0 Å². The van der Waals surface area contributed by atoms with E-state index in [-0.39, 0.29) is 12.8 Å². The summed E-state index contributed by atoms with van der Waals surface area (Å²) in [4.78, 5) is 46.5. The highest BCUT2D eigenvalue weighted by Gasteiger charge is 2.36. The molecule has 0 radical (unpaired) electrons. The van der Waals surface area contributed by atoms with Crippen LogP contribution in [0, 0.1) is 0 Å². The van der Waals surface area contributed by atoms with Gasteiger partial charge in [-0.2, -0.15) is 0 Å². The van der Waals surface area contributed by atoms with E-state index >= 15 is 0 Å². The number of carboxylic acid groups (broad SMARTS) is 1. The number of primary amides is 1. The molecule has 1 saturated heterocycles. The van der Waals surface area contributed by atoms with E-state index < -0.39 is 42.3 Å². The molecule has 9 nitrogen and oxygen atoms in total. The number of carbonyl (C=O) groups is 4. The topological polar surface area (TPSA) is 156 Å². The summed E-state index contributed by atoms with van der Waals surface area (Å²) in [6, 6.07) is -1.61. The van der Waals surface area contributed by atoms with Gasteiger partial charge in [0.1, 0.15) is 12.6 Å². The highest BCUT2D eigenvalue weighted by Crippen LogP contribution is 2.19. The summed E-state index contributed by atoms with van der Waals surface area (Å²) in [7, 11) is 0. The van der Waals surface area contributed by atoms with Crippen molar-refractivity contribution in [2.45, 2.75) is 37.8 Å². The van der Waals surface area contributed by atoms with Crippen molar-refractivity contribution in [3.63, 3.8) is 0 Å². The Labute approximate surface area is 121 Å². The van der Waals surface area contributed by atoms with Crippen LogP contribution in [0.3, 0.4) is 0 Å². The molecule has 2 atom stereocenters. The van der Waals surface area contributed by atoms with Crippen molar-refractivity contribution in [2.75, 3.05) is 13.1 Å². The van der Waals surface area contributed by atoms with Gasteiger partial charge in [-0.25, -0.2) is 0 Å². The van der Waals surface area contributed by atoms with Crippen LogP contribution in [-0.4, -0.2) is 58.9 Å². The number of amides is 3. The molecule has 3 amide bonds. The van der Waals surface area contributed by atoms with Crippen molar-refractivity contribution < 1.29 is 24.3 Å². The van der Waals surface area contributed by atoms with Gasteiger partial charge in [0, 0.05) is 13.0 Å². The fourth-order valence-electron chi connectivity index (χ4n) is 2.22. The molecule has 0 unspecified atom stereocenters. The van der Waals surface area contributed by atoms with Gasteiger partial charge >= 0.3 is 5.97 Å². The molecule has 1 rings (SSSR count). The third kappa shape index (κ3) is 5.03. The minimum absolute atomic E-state index is 0.00335. The van der Waals surface area contributed by atoms with E-state index in [1.807, 2.05) is 0 Å². The van der Waals surface area contributed by atoms with Gasteiger partial charge in [0.25, 0.3) is 0 Å². The number of aliphatic carboxylic acids is 1. The van der Waals surface area contributed by atoms with Gasteiger partial charge in [-0.3, -0.25) is 19.2 Å². The van der Waals surface area contributed by atoms with Crippen LogP contribution in [0.15, 0.2) is 0 Å². The average molecular weight is 300 g/mol. The first-order valence-corrected chi connectivity index (χ1v) is 6.66. The van der Waals surface area contributed by atoms with Crippen LogP contribution in [0.25, 0.3) is 0 Å². The molecule has 0 aromatic rings. The summed E-state index contributed by atoms with van der Waals surface area (Å²) in [6.07, 6.45) is 1.21. The number of nitrogens with zero attached hydrogens (tertiary/aromatic N) is 1. The maximum atomic E-state index is 12.2. The van der Waals surface area contributed by atoms with Gasteiger partial charge < -0.3 is 26.8 Å². The number of rotatable bonds is 7. The van der Waals surface area contributed by atoms with E-state index in [0.29, 0.717) is 19.4 Å². The number of carbonyl (C=O) groups excluding carboxylic acids is 3. The van der Waals surface area contributed by atoms with E-state index in [0.717, 1.165) is 0 Å². The maximum Gasteiger partial charge on any atom is 0.322 e. The van der Waals surface area contributed by atoms with Gasteiger partial charge in [-0.05, 0) is 19.3 Å². The molecule has 6 N–H and O–H groups in total. The molecule has 1 fully saturated rings. The second kappa shape index (κ2) is 7.58. The standard InChI is InChI=1S/C12H20N4O5/c13-7(3-4-9(14)17)12(21)16-5-1-2-8(16)11(20)15-6-10(18)19/h7-8H,1-6,13H2,(H2,14,17)(H,15,20)(H,18,19)/t7-,8-/m1/s1. The Kier molecular flexibility index (Phi) is 6.10. The van der Waals surface area contributed by atoms with E-state index in [1.54, 1.807) is 0 Å². The van der Waals surface area contributed by atoms with Gasteiger partial charge in [0.05, 0.1) is 6.04 Å². The zero-order chi connectivity index (χ0) is 16.0. The number of carboxylic acids is 1. The molecule has 0 bridgehead atoms. The van der Waals surface area contributed by atoms with Gasteiger partial charge in [-0.1, -0.05) is 0 Å². The van der Waals surface area contributed by atoms with Crippen LogP contribution in [0.4, 0.5) is 0 Å². The molecule has 0 saturated carbocycles. The van der Waals surface area contributed by atoms with Crippen LogP contribution in [0.1, 0.15) is 25.7 Å². The normalized spacial score (nSPS) is 19.1. The van der Waals surface area contributed by atoms with E-state index in [1.165, 1.54) is 4.90 Å². The van der Waals surface area contributed by atoms with Crippen molar-refractivity contribution in [3.8, 4) is 0 Å². The zero-order valence-corrected chi connectivity index (χ0v) is 11.6. The number of hydrogen-bond donors (Lipinski definition) is 4. The molecule has 9 heteroatoms. The third-order valence-corrected chi connectivity index (χ3v) is 3.27. The van der Waals surface area contributed by atoms with Crippen LogP contribution >= 0.6 is 0 Å². The van der Waals surface area contributed by atoms with E-state index in [2.05, 4.69) is 5.32 Å². The molecule has 0 aliphatic carbocycles. The predicted molar refractivity (Wildman–Crippen MR) is 71.8 cm³/mol. The first-order chi connectivity index (χ1) is 9.82. The summed E-state index contributed by atoms with van der Waals surface area (Å²) < 4.78 is 0. The minimum atomic E-state index is -1.16. The zero-order valence-electron chi connectivity index (χ0n) is 11.6. The lowest BCUT2D eigenvalue weighted by molar-refractivity contribution is -0.141. The summed E-state index contributed by atoms with van der Waals surface area (Å²) in [5.74, 6) is -2.64. The van der Waals surface area contributed by atoms with Gasteiger partial charge in [0.2, 0.25) is 17.7 Å². The molecule has 0 aromatic carbocycles. The Bertz CT molecular complexity index is 439. The Morgan fingerprint density at radius 3 is 2.57 bits per heavy atom. The van der Waals surface area contributed by atoms with Crippen LogP contribution in [0.5, 0.6) is 0 Å². The van der Waals surface area contributed by atoms with Crippen LogP contribution in [0.2, 0.25) is 0 Å². The second-order valence-corrected chi connectivity index (χ2v) is 4.91. The summed E-state index contributed by atoms with van der Waals surface area (Å²) in [6.45, 7) is -0.112. The summed E-state index contributed by atoms with van der Waals surface area (Å²) in [5, 5.41) is 10.8. The van der Waals surface area contributed by atoms with E-state index in [4.69, 9.17) is 16.6 Å². The number of hydrogen-bond acceptors (Lipinski definition) is 5. The van der Waals surface area contributed by atoms with Crippen LogP contribution < -0.4 is 16.8 Å². The van der Waals surface area contributed by atoms with Gasteiger partial charge in [0.15, 0.2) is 0 Å². The second-order valence-electron chi connectivity index (χ2n) is 4.91. The minimum Gasteiger partial charge on any atom is -0.480 e. The average Bonchev–Trinajstić information content (AvgIpc) is 2.90. The lowest BCUT2D eigenvalue weighted by Gasteiger charge is -2.26. The van der Waals surface area contributed by atoms with Crippen molar-refractivity contribution in [1.82, 2.24) is 10.2 Å². The smallest absolute Gasteiger partial charge is 0.322 e. The molecular formula is C12H20N4O5. The largest absolute Gasteiger partial charge is 0.480 e. The fourth-order valence-corrected chi connectivity index (χ4v) is 2.22. The maximum absolute atomic E-state index is 12.2. The molecule has 1 aliphatic heterocycles. The van der Waals surface area contributed by atoms with Crippen molar-refractivity contribution >= 4 is 23.7 Å². The fraction of sp³-hybridized carbons (Fsp3) is 0.667. The lowest BCUT2D eigenvalue weighted by Crippen LogP contribution is -2.51. The summed E-state index contributed by atoms with van der Waals surface area (Å²) in [5.41, 5.74) is 10.7. The van der Waals surface area contributed by atoms with E-state index in [9.17, 15) is 19.2 Å². The summed E-state index contributed by atoms with van der Waals surface area (Å²) >= 11 is 0. The molecular weight excluding hydrogens is 280 g/mol. The van der Waals surface area contributed by atoms with Crippen LogP contribution in [-0.2, 0) is 19.2 Å². The molecule has 0 aromatic heterocycles. The number of likely N-dealkylation sites (tertiary alicyclic amines) is 1. The highest BCUT2D eigenvalue weighted by molar-refractivity contribution is 5.91. The Balaban J connectivity index is 2.59. The Morgan fingerprint density at radius 1 is 1.33 bits per heavy atom. The monoisotopic (exact) mass is 300 g/mol. The quantitative estimate of drug-likeness (QED) is 0.417. The van der Waals surface area contributed by atoms with Crippen molar-refractivity contribution in [2.24, 2.45) is 11.5 Å². The SMILES string of the molecule is NC(=O)CC[C@@H](N)C(=O)N1CCC[C@@H]1C(=O)NCC(=O)O. The van der Waals surface area contributed by atoms with Crippen molar-refractivity contribution in [1.29, 1.82) is 0 Å². The van der Waals surface area contributed by atoms with Gasteiger partial charge in [-0.15, -0.1) is 0 Å². The Hall–Kier alpha value is -2.16. The number of nitrogens with two attached hydrogens (primary N) is 2. The lowest BCUT2D eigenvalue weighted by atomic mass is 10.1. The first-order valence-electron chi connectivity index (χ1n) is 6.66. The predicted octanol–water partition coefficient (Wildman–Crippen LogP) is -2.23. The highest BCUT2D eigenvalue weighted by atomic mass is 16.4. The first kappa shape index (κ1) is 16.9. The molecule has 1 heterocycles. The molecule has 0 spiro atoms. The molecule has 1 aliphatic rings. The third-order valence-electron chi connectivity index (χ3n) is 3.27.